The maximum atomic E-state index is 12.4. The molecule has 1 aromatic heterocycles. The molecule has 0 N–H and O–H groups in total. The monoisotopic (exact) mass is 299 g/mol. The maximum absolute atomic E-state index is 12.4. The summed E-state index contributed by atoms with van der Waals surface area (Å²) in [6.45, 7) is 1.55. The molecule has 12 heavy (non-hydrogen) atoms. The molecule has 0 fully saturated rings. The van der Waals surface area contributed by atoms with E-state index < -0.39 is 6.43 Å². The Bertz CT molecular complexity index is 302. The van der Waals surface area contributed by atoms with E-state index in [1.165, 1.54) is 6.20 Å². The van der Waals surface area contributed by atoms with Crippen molar-refractivity contribution < 1.29 is 8.78 Å². The van der Waals surface area contributed by atoms with Crippen LogP contribution >= 0.6 is 31.9 Å². The van der Waals surface area contributed by atoms with Gasteiger partial charge in [-0.2, -0.15) is 0 Å². The zero-order chi connectivity index (χ0) is 9.30. The summed E-state index contributed by atoms with van der Waals surface area (Å²) >= 11 is 6.17. The standard InChI is InChI=1S/C7H5Br2F2N/c1-3-5(7(10)11)6(9)4(8)2-12-3/h2,7H,1H3. The Morgan fingerprint density at radius 3 is 2.42 bits per heavy atom. The summed E-state index contributed by atoms with van der Waals surface area (Å²) in [4.78, 5) is 3.80. The normalized spacial score (nSPS) is 10.8. The number of hydrogen-bond acceptors (Lipinski definition) is 1. The Kier molecular flexibility index (Phi) is 3.17. The summed E-state index contributed by atoms with van der Waals surface area (Å²) in [5.41, 5.74) is 0.296. The molecule has 66 valence electrons. The average molecular weight is 301 g/mol. The van der Waals surface area contributed by atoms with Crippen molar-refractivity contribution in [2.45, 2.75) is 13.3 Å². The lowest BCUT2D eigenvalue weighted by molar-refractivity contribution is 0.149. The molecule has 0 aromatic carbocycles. The van der Waals surface area contributed by atoms with Crippen molar-refractivity contribution >= 4 is 31.9 Å². The molecule has 0 bridgehead atoms. The van der Waals surface area contributed by atoms with Crippen molar-refractivity contribution in [3.63, 3.8) is 0 Å². The Hall–Kier alpha value is -0.0300. The van der Waals surface area contributed by atoms with E-state index in [0.29, 0.717) is 14.6 Å². The molecule has 1 aromatic rings. The van der Waals surface area contributed by atoms with Crippen LogP contribution < -0.4 is 0 Å². The summed E-state index contributed by atoms with van der Waals surface area (Å²) in [5, 5.41) is 0. The minimum absolute atomic E-state index is 0.0515. The Morgan fingerprint density at radius 1 is 1.42 bits per heavy atom. The molecule has 0 atom stereocenters. The highest BCUT2D eigenvalue weighted by molar-refractivity contribution is 9.13. The number of rotatable bonds is 1. The molecule has 0 aliphatic rings. The predicted molar refractivity (Wildman–Crippen MR) is 49.3 cm³/mol. The third-order valence-electron chi connectivity index (χ3n) is 1.43. The van der Waals surface area contributed by atoms with Crippen LogP contribution in [0.3, 0.4) is 0 Å². The smallest absolute Gasteiger partial charge is 0.260 e. The average Bonchev–Trinajstić information content (AvgIpc) is 1.97. The molecule has 0 unspecified atom stereocenters. The van der Waals surface area contributed by atoms with Gasteiger partial charge in [0.05, 0.1) is 10.0 Å². The molecule has 0 spiro atoms. The first-order chi connectivity index (χ1) is 5.54. The van der Waals surface area contributed by atoms with E-state index >= 15 is 0 Å². The van der Waals surface area contributed by atoms with Gasteiger partial charge in [-0.1, -0.05) is 0 Å². The number of nitrogens with zero attached hydrogens (tertiary/aromatic N) is 1. The van der Waals surface area contributed by atoms with E-state index in [2.05, 4.69) is 36.8 Å². The maximum Gasteiger partial charge on any atom is 0.266 e. The second-order valence-corrected chi connectivity index (χ2v) is 3.87. The van der Waals surface area contributed by atoms with Gasteiger partial charge in [0.25, 0.3) is 6.43 Å². The second-order valence-electron chi connectivity index (χ2n) is 2.22. The molecular weight excluding hydrogens is 296 g/mol. The second kappa shape index (κ2) is 3.79. The molecule has 1 rings (SSSR count). The molecule has 1 nitrogen and oxygen atoms in total. The molecule has 0 aliphatic carbocycles. The van der Waals surface area contributed by atoms with Crippen molar-refractivity contribution in [2.24, 2.45) is 0 Å². The number of pyridine rings is 1. The highest BCUT2D eigenvalue weighted by Gasteiger charge is 2.17. The van der Waals surface area contributed by atoms with Crippen LogP contribution in [-0.2, 0) is 0 Å². The highest BCUT2D eigenvalue weighted by Crippen LogP contribution is 2.34. The van der Waals surface area contributed by atoms with E-state index in [-0.39, 0.29) is 5.56 Å². The van der Waals surface area contributed by atoms with Gasteiger partial charge in [-0.25, -0.2) is 8.78 Å². The number of halogens is 4. The lowest BCUT2D eigenvalue weighted by Gasteiger charge is -2.07. The van der Waals surface area contributed by atoms with E-state index in [1.54, 1.807) is 6.92 Å². The summed E-state index contributed by atoms with van der Waals surface area (Å²) in [7, 11) is 0. The van der Waals surface area contributed by atoms with Gasteiger partial charge in [-0.15, -0.1) is 0 Å². The van der Waals surface area contributed by atoms with Crippen molar-refractivity contribution in [1.29, 1.82) is 0 Å². The fraction of sp³-hybridized carbons (Fsp3) is 0.286. The van der Waals surface area contributed by atoms with Gasteiger partial charge in [0, 0.05) is 16.4 Å². The van der Waals surface area contributed by atoms with Crippen LogP contribution in [0, 0.1) is 6.92 Å². The summed E-state index contributed by atoms with van der Waals surface area (Å²) in [6, 6.07) is 0. The fourth-order valence-corrected chi connectivity index (χ4v) is 1.70. The Balaban J connectivity index is 3.33. The van der Waals surface area contributed by atoms with Crippen LogP contribution in [-0.4, -0.2) is 4.98 Å². The number of alkyl halides is 2. The van der Waals surface area contributed by atoms with Crippen molar-refractivity contribution in [3.05, 3.63) is 26.4 Å². The first-order valence-electron chi connectivity index (χ1n) is 3.12. The molecule has 1 heterocycles. The van der Waals surface area contributed by atoms with Gasteiger partial charge >= 0.3 is 0 Å². The van der Waals surface area contributed by atoms with Gasteiger partial charge in [0.15, 0.2) is 0 Å². The Morgan fingerprint density at radius 2 is 2.00 bits per heavy atom. The number of hydrogen-bond donors (Lipinski definition) is 0. The van der Waals surface area contributed by atoms with E-state index in [9.17, 15) is 8.78 Å². The molecule has 0 amide bonds. The molecular formula is C7H5Br2F2N. The first-order valence-corrected chi connectivity index (χ1v) is 4.71. The predicted octanol–water partition coefficient (Wildman–Crippen LogP) is 3.85. The topological polar surface area (TPSA) is 12.9 Å². The van der Waals surface area contributed by atoms with E-state index in [1.807, 2.05) is 0 Å². The van der Waals surface area contributed by atoms with Crippen LogP contribution in [0.5, 0.6) is 0 Å². The molecule has 5 heteroatoms. The van der Waals surface area contributed by atoms with Crippen molar-refractivity contribution in [1.82, 2.24) is 4.98 Å². The summed E-state index contributed by atoms with van der Waals surface area (Å²) in [5.74, 6) is 0. The molecule has 0 saturated carbocycles. The fourth-order valence-electron chi connectivity index (χ4n) is 0.821. The SMILES string of the molecule is Cc1ncc(Br)c(Br)c1C(F)F. The number of aryl methyl sites for hydroxylation is 1. The van der Waals surface area contributed by atoms with Gasteiger partial charge in [0.2, 0.25) is 0 Å². The van der Waals surface area contributed by atoms with Crippen LogP contribution in [0.1, 0.15) is 17.7 Å². The Labute approximate surface area is 85.4 Å². The first kappa shape index (κ1) is 10.1. The molecule has 0 radical (unpaired) electrons. The van der Waals surface area contributed by atoms with Gasteiger partial charge < -0.3 is 0 Å². The van der Waals surface area contributed by atoms with Crippen LogP contribution in [0.2, 0.25) is 0 Å². The number of aromatic nitrogens is 1. The van der Waals surface area contributed by atoms with Crippen LogP contribution in [0.4, 0.5) is 8.78 Å². The lowest BCUT2D eigenvalue weighted by atomic mass is 10.2. The van der Waals surface area contributed by atoms with Crippen LogP contribution in [0.25, 0.3) is 0 Å². The zero-order valence-electron chi connectivity index (χ0n) is 6.11. The lowest BCUT2D eigenvalue weighted by Crippen LogP contribution is -1.95. The quantitative estimate of drug-likeness (QED) is 0.767. The summed E-state index contributed by atoms with van der Waals surface area (Å²) in [6.07, 6.45) is -1.00. The minimum atomic E-state index is -2.50. The van der Waals surface area contributed by atoms with Gasteiger partial charge in [0.1, 0.15) is 0 Å². The van der Waals surface area contributed by atoms with Crippen molar-refractivity contribution in [2.75, 3.05) is 0 Å². The largest absolute Gasteiger partial charge is 0.266 e. The summed E-state index contributed by atoms with van der Waals surface area (Å²) < 4.78 is 25.7. The van der Waals surface area contributed by atoms with Crippen LogP contribution in [0.15, 0.2) is 15.1 Å². The highest BCUT2D eigenvalue weighted by atomic mass is 79.9. The zero-order valence-corrected chi connectivity index (χ0v) is 9.29. The molecule has 0 aliphatic heterocycles. The minimum Gasteiger partial charge on any atom is -0.260 e. The van der Waals surface area contributed by atoms with Gasteiger partial charge in [-0.3, -0.25) is 4.98 Å². The molecule has 0 saturated heterocycles. The van der Waals surface area contributed by atoms with Gasteiger partial charge in [-0.05, 0) is 38.8 Å². The van der Waals surface area contributed by atoms with E-state index in [0.717, 1.165) is 0 Å². The van der Waals surface area contributed by atoms with Crippen molar-refractivity contribution in [3.8, 4) is 0 Å². The third-order valence-corrected chi connectivity index (χ3v) is 3.41. The third kappa shape index (κ3) is 1.82. The van der Waals surface area contributed by atoms with E-state index in [4.69, 9.17) is 0 Å².